The second kappa shape index (κ2) is 7.97. The van der Waals surface area contributed by atoms with Crippen molar-refractivity contribution in [2.75, 3.05) is 4.31 Å². The molecule has 0 bridgehead atoms. The minimum Gasteiger partial charge on any atom is -0.229 e. The van der Waals surface area contributed by atoms with Crippen molar-refractivity contribution in [2.45, 2.75) is 9.79 Å². The molecule has 0 saturated carbocycles. The van der Waals surface area contributed by atoms with Crippen molar-refractivity contribution >= 4 is 42.2 Å². The van der Waals surface area contributed by atoms with Crippen molar-refractivity contribution in [1.82, 2.24) is 0 Å². The molecule has 0 aliphatic heterocycles. The third-order valence-corrected chi connectivity index (χ3v) is 7.45. The number of halogens is 2. The maximum atomic E-state index is 14.7. The molecule has 10 heteroatoms. The highest BCUT2D eigenvalue weighted by Gasteiger charge is 2.33. The predicted molar refractivity (Wildman–Crippen MR) is 117 cm³/mol. The summed E-state index contributed by atoms with van der Waals surface area (Å²) in [5, 5.41) is 5.69. The lowest BCUT2D eigenvalue weighted by atomic mass is 10.1. The minimum absolute atomic E-state index is 0.164. The summed E-state index contributed by atoms with van der Waals surface area (Å²) in [6.45, 7) is 0. The molecule has 32 heavy (non-hydrogen) atoms. The van der Waals surface area contributed by atoms with Crippen LogP contribution in [0.25, 0.3) is 10.8 Å². The fraction of sp³-hybridized carbons (Fsp3) is 0. The summed E-state index contributed by atoms with van der Waals surface area (Å²) in [4.78, 5) is -0.914. The predicted octanol–water partition coefficient (Wildman–Crippen LogP) is 4.29. The fourth-order valence-electron chi connectivity index (χ4n) is 3.35. The molecule has 0 aliphatic rings. The van der Waals surface area contributed by atoms with Gasteiger partial charge in [-0.3, -0.25) is 0 Å². The zero-order valence-electron chi connectivity index (χ0n) is 16.3. The van der Waals surface area contributed by atoms with Crippen molar-refractivity contribution in [3.8, 4) is 0 Å². The zero-order valence-corrected chi connectivity index (χ0v) is 17.9. The Morgan fingerprint density at radius 3 is 1.72 bits per heavy atom. The molecule has 0 fully saturated rings. The van der Waals surface area contributed by atoms with E-state index in [9.17, 15) is 25.6 Å². The maximum Gasteiger partial charge on any atom is 0.269 e. The van der Waals surface area contributed by atoms with Crippen molar-refractivity contribution in [1.29, 1.82) is 0 Å². The number of rotatable bonds is 5. The van der Waals surface area contributed by atoms with E-state index in [0.29, 0.717) is 4.31 Å². The van der Waals surface area contributed by atoms with Crippen LogP contribution in [0.1, 0.15) is 0 Å². The number of benzene rings is 4. The molecule has 0 aliphatic carbocycles. The maximum absolute atomic E-state index is 14.7. The minimum atomic E-state index is -4.73. The van der Waals surface area contributed by atoms with Crippen LogP contribution < -0.4 is 9.44 Å². The van der Waals surface area contributed by atoms with E-state index in [4.69, 9.17) is 5.14 Å². The summed E-state index contributed by atoms with van der Waals surface area (Å²) >= 11 is 0. The van der Waals surface area contributed by atoms with E-state index < -0.39 is 52.8 Å². The van der Waals surface area contributed by atoms with Gasteiger partial charge in [-0.25, -0.2) is 35.1 Å². The Bertz CT molecular complexity index is 1510. The van der Waals surface area contributed by atoms with Gasteiger partial charge in [-0.1, -0.05) is 48.5 Å². The van der Waals surface area contributed by atoms with Crippen molar-refractivity contribution in [2.24, 2.45) is 5.14 Å². The number of anilines is 2. The smallest absolute Gasteiger partial charge is 0.229 e. The average Bonchev–Trinajstić information content (AvgIpc) is 2.75. The first-order valence-corrected chi connectivity index (χ1v) is 12.2. The number of nitrogens with two attached hydrogens (primary N) is 1. The lowest BCUT2D eigenvalue weighted by Crippen LogP contribution is -2.28. The van der Waals surface area contributed by atoms with E-state index in [1.807, 2.05) is 0 Å². The lowest BCUT2D eigenvalue weighted by molar-refractivity contribution is 0.587. The van der Waals surface area contributed by atoms with Crippen molar-refractivity contribution in [3.05, 3.63) is 96.6 Å². The number of sulfonamides is 2. The van der Waals surface area contributed by atoms with E-state index in [-0.39, 0.29) is 10.8 Å². The van der Waals surface area contributed by atoms with Gasteiger partial charge in [0.1, 0.15) is 11.6 Å². The fourth-order valence-corrected chi connectivity index (χ4v) is 5.75. The summed E-state index contributed by atoms with van der Waals surface area (Å²) < 4.78 is 81.8. The second-order valence-corrected chi connectivity index (χ2v) is 10.2. The van der Waals surface area contributed by atoms with Gasteiger partial charge >= 0.3 is 0 Å². The number of hydrogen-bond acceptors (Lipinski definition) is 4. The average molecular weight is 475 g/mol. The first-order chi connectivity index (χ1) is 15.1. The van der Waals surface area contributed by atoms with Gasteiger partial charge in [-0.05, 0) is 41.8 Å². The molecule has 0 unspecified atom stereocenters. The molecule has 0 saturated heterocycles. The van der Waals surface area contributed by atoms with Gasteiger partial charge in [-0.15, -0.1) is 0 Å². The largest absolute Gasteiger partial charge is 0.269 e. The molecule has 4 rings (SSSR count). The highest BCUT2D eigenvalue weighted by atomic mass is 32.2. The summed E-state index contributed by atoms with van der Waals surface area (Å²) in [5.74, 6) is -1.82. The van der Waals surface area contributed by atoms with Gasteiger partial charge in [-0.2, -0.15) is 0 Å². The van der Waals surface area contributed by atoms with Gasteiger partial charge in [0.15, 0.2) is 0 Å². The van der Waals surface area contributed by atoms with Crippen LogP contribution in [0.5, 0.6) is 0 Å². The van der Waals surface area contributed by atoms with Crippen LogP contribution in [0.3, 0.4) is 0 Å². The first kappa shape index (κ1) is 21.9. The monoisotopic (exact) mass is 474 g/mol. The molecule has 0 spiro atoms. The van der Waals surface area contributed by atoms with Crippen LogP contribution in [0, 0.1) is 11.6 Å². The second-order valence-electron chi connectivity index (χ2n) is 6.86. The molecule has 0 amide bonds. The van der Waals surface area contributed by atoms with Gasteiger partial charge in [0, 0.05) is 5.39 Å². The Labute approximate surface area is 183 Å². The van der Waals surface area contributed by atoms with E-state index in [1.54, 1.807) is 12.1 Å². The molecule has 0 aromatic heterocycles. The molecule has 4 aromatic rings. The number of fused-ring (bicyclic) bond motifs is 1. The van der Waals surface area contributed by atoms with E-state index in [1.165, 1.54) is 54.6 Å². The van der Waals surface area contributed by atoms with E-state index >= 15 is 0 Å². The SMILES string of the molecule is NS(=O)(=O)c1cc(S(=O)(=O)N(c2ccccc2F)c2ccccc2F)c2ccccc2c1. The molecule has 0 radical (unpaired) electrons. The Morgan fingerprint density at radius 1 is 0.688 bits per heavy atom. The zero-order chi connectivity index (χ0) is 23.1. The van der Waals surface area contributed by atoms with Crippen LogP contribution in [-0.2, 0) is 20.0 Å². The molecular weight excluding hydrogens is 458 g/mol. The third kappa shape index (κ3) is 3.83. The molecule has 0 atom stereocenters. The van der Waals surface area contributed by atoms with E-state index in [0.717, 1.165) is 18.2 Å². The van der Waals surface area contributed by atoms with Crippen LogP contribution >= 0.6 is 0 Å². The van der Waals surface area contributed by atoms with Crippen LogP contribution in [0.2, 0.25) is 0 Å². The summed E-state index contributed by atoms with van der Waals surface area (Å²) in [6.07, 6.45) is 0. The van der Waals surface area contributed by atoms with Gasteiger partial charge in [0.05, 0.1) is 21.2 Å². The Morgan fingerprint density at radius 2 is 1.19 bits per heavy atom. The summed E-state index contributed by atoms with van der Waals surface area (Å²) in [5.41, 5.74) is -0.856. The highest BCUT2D eigenvalue weighted by molar-refractivity contribution is 7.93. The quantitative estimate of drug-likeness (QED) is 0.467. The lowest BCUT2D eigenvalue weighted by Gasteiger charge is -2.26. The standard InChI is InChI=1S/C22H16F2N2O4S2/c23-18-9-3-5-11-20(18)26(21-12-6-4-10-19(21)24)32(29,30)22-14-16(31(25,27)28)13-15-7-1-2-8-17(15)22/h1-14H,(H2,25,27,28). The molecule has 164 valence electrons. The summed E-state index contributed by atoms with van der Waals surface area (Å²) in [7, 11) is -9.01. The molecule has 6 nitrogen and oxygen atoms in total. The van der Waals surface area contributed by atoms with Gasteiger partial charge in [0.25, 0.3) is 10.0 Å². The Balaban J connectivity index is 2.11. The van der Waals surface area contributed by atoms with Crippen molar-refractivity contribution in [3.63, 3.8) is 0 Å². The normalized spacial score (nSPS) is 12.1. The van der Waals surface area contributed by atoms with Crippen LogP contribution in [0.15, 0.2) is 94.7 Å². The van der Waals surface area contributed by atoms with Gasteiger partial charge in [0.2, 0.25) is 10.0 Å². The van der Waals surface area contributed by atoms with Gasteiger partial charge < -0.3 is 0 Å². The number of para-hydroxylation sites is 2. The number of primary sulfonamides is 1. The van der Waals surface area contributed by atoms with E-state index in [2.05, 4.69) is 0 Å². The van der Waals surface area contributed by atoms with Crippen molar-refractivity contribution < 1.29 is 25.6 Å². The Hall–Kier alpha value is -3.34. The number of hydrogen-bond donors (Lipinski definition) is 1. The molecule has 0 heterocycles. The first-order valence-electron chi connectivity index (χ1n) is 9.21. The molecular formula is C22H16F2N2O4S2. The topological polar surface area (TPSA) is 97.5 Å². The molecule has 4 aromatic carbocycles. The van der Waals surface area contributed by atoms with Crippen LogP contribution in [-0.4, -0.2) is 16.8 Å². The Kier molecular flexibility index (Phi) is 5.45. The third-order valence-electron chi connectivity index (χ3n) is 4.79. The highest BCUT2D eigenvalue weighted by Crippen LogP contribution is 2.38. The molecule has 2 N–H and O–H groups in total. The number of nitrogens with zero attached hydrogens (tertiary/aromatic N) is 1. The summed E-state index contributed by atoms with van der Waals surface area (Å²) in [6, 6.07) is 18.2. The van der Waals surface area contributed by atoms with Crippen LogP contribution in [0.4, 0.5) is 20.2 Å².